The van der Waals surface area contributed by atoms with Gasteiger partial charge in [0, 0.05) is 29.5 Å². The topological polar surface area (TPSA) is 131 Å². The molecular weight excluding hydrogens is 577 g/mol. The van der Waals surface area contributed by atoms with Crippen LogP contribution >= 0.6 is 0 Å². The van der Waals surface area contributed by atoms with Crippen molar-refractivity contribution >= 4 is 28.5 Å². The maximum atomic E-state index is 13.3. The number of aryl methyl sites for hydroxylation is 1. The number of fused-ring (bicyclic) bond motifs is 1. The van der Waals surface area contributed by atoms with E-state index in [-0.39, 0.29) is 29.0 Å². The van der Waals surface area contributed by atoms with E-state index < -0.39 is 17.3 Å². The molecule has 2 N–H and O–H groups in total. The summed E-state index contributed by atoms with van der Waals surface area (Å²) < 4.78 is 20.8. The predicted octanol–water partition coefficient (Wildman–Crippen LogP) is 4.49. The summed E-state index contributed by atoms with van der Waals surface area (Å²) in [6.07, 6.45) is 7.87. The molecule has 0 spiro atoms. The van der Waals surface area contributed by atoms with Crippen LogP contribution in [-0.2, 0) is 0 Å². The van der Waals surface area contributed by atoms with Crippen LogP contribution in [-0.4, -0.2) is 62.4 Å². The molecule has 4 aromatic heterocycles. The summed E-state index contributed by atoms with van der Waals surface area (Å²) in [6.45, 7) is 3.65. The summed E-state index contributed by atoms with van der Waals surface area (Å²) in [4.78, 5) is 54.3. The van der Waals surface area contributed by atoms with Crippen LogP contribution < -0.4 is 20.9 Å². The quantitative estimate of drug-likeness (QED) is 0.277. The Morgan fingerprint density at radius 3 is 2.49 bits per heavy atom. The Morgan fingerprint density at radius 1 is 0.956 bits per heavy atom. The number of aromatic nitrogens is 4. The number of likely N-dealkylation sites (tertiary alicyclic amines) is 1. The SMILES string of the molecule is Cc1cc(NC(=O)c2cccn(-c3ccc(F)cc3)c2=O)ncc1Oc1ccnc2cnc(C(=O)NC3CCN(C)CC3)cc12. The number of hydrogen-bond donors (Lipinski definition) is 2. The molecule has 6 rings (SSSR count). The van der Waals surface area contributed by atoms with Crippen molar-refractivity contribution in [3.05, 3.63) is 112 Å². The second kappa shape index (κ2) is 12.6. The fraction of sp³-hybridized carbons (Fsp3) is 0.212. The monoisotopic (exact) mass is 607 g/mol. The Morgan fingerprint density at radius 2 is 1.73 bits per heavy atom. The van der Waals surface area contributed by atoms with Gasteiger partial charge < -0.3 is 20.3 Å². The third kappa shape index (κ3) is 6.55. The zero-order valence-corrected chi connectivity index (χ0v) is 24.7. The lowest BCUT2D eigenvalue weighted by Gasteiger charge is -2.29. The van der Waals surface area contributed by atoms with E-state index in [4.69, 9.17) is 4.74 Å². The number of amides is 2. The maximum absolute atomic E-state index is 13.3. The predicted molar refractivity (Wildman–Crippen MR) is 167 cm³/mol. The number of rotatable bonds is 7. The minimum atomic E-state index is -0.643. The van der Waals surface area contributed by atoms with Gasteiger partial charge in [0.2, 0.25) is 0 Å². The van der Waals surface area contributed by atoms with Gasteiger partial charge in [-0.05, 0) is 100 Å². The van der Waals surface area contributed by atoms with E-state index in [1.54, 1.807) is 43.6 Å². The van der Waals surface area contributed by atoms with E-state index in [2.05, 4.69) is 37.5 Å². The standard InChI is InChI=1S/C33H30FN7O4/c1-20-16-30(39-31(42)24-4-3-13-41(33(24)44)23-7-5-21(34)6-8-23)37-19-29(20)45-28-9-12-35-27-18-36-26(17-25(27)28)32(43)38-22-10-14-40(2)15-11-22/h3-9,12-13,16-19,22H,10-11,14-15H2,1-2H3,(H,38,43)(H,37,39,42). The maximum Gasteiger partial charge on any atom is 0.270 e. The number of carbonyl (C=O) groups is 2. The molecular formula is C33H30FN7O4. The van der Waals surface area contributed by atoms with Crippen LogP contribution in [0.2, 0.25) is 0 Å². The second-order valence-electron chi connectivity index (χ2n) is 10.9. The first-order valence-corrected chi connectivity index (χ1v) is 14.4. The molecule has 0 saturated carbocycles. The lowest BCUT2D eigenvalue weighted by Crippen LogP contribution is -2.43. The van der Waals surface area contributed by atoms with Gasteiger partial charge in [-0.15, -0.1) is 0 Å². The number of piperidine rings is 1. The first-order chi connectivity index (χ1) is 21.7. The van der Waals surface area contributed by atoms with Crippen LogP contribution in [0.25, 0.3) is 16.6 Å². The average Bonchev–Trinajstić information content (AvgIpc) is 3.04. The van der Waals surface area contributed by atoms with Crippen LogP contribution in [0.15, 0.2) is 84.2 Å². The van der Waals surface area contributed by atoms with Gasteiger partial charge in [0.15, 0.2) is 0 Å². The van der Waals surface area contributed by atoms with Crippen LogP contribution in [0.5, 0.6) is 11.5 Å². The third-order valence-corrected chi connectivity index (χ3v) is 7.70. The van der Waals surface area contributed by atoms with Gasteiger partial charge in [-0.25, -0.2) is 14.4 Å². The molecule has 1 aromatic carbocycles. The van der Waals surface area contributed by atoms with Crippen LogP contribution in [0, 0.1) is 12.7 Å². The van der Waals surface area contributed by atoms with Crippen LogP contribution in [0.4, 0.5) is 10.2 Å². The Labute approximate surface area is 257 Å². The fourth-order valence-electron chi connectivity index (χ4n) is 5.14. The van der Waals surface area contributed by atoms with Crippen molar-refractivity contribution in [2.24, 2.45) is 0 Å². The molecule has 0 unspecified atom stereocenters. The van der Waals surface area contributed by atoms with Crippen molar-refractivity contribution < 1.29 is 18.7 Å². The highest BCUT2D eigenvalue weighted by atomic mass is 19.1. The molecule has 0 aliphatic carbocycles. The van der Waals surface area contributed by atoms with Gasteiger partial charge in [-0.1, -0.05) is 0 Å². The first-order valence-electron chi connectivity index (χ1n) is 14.4. The Kier molecular flexibility index (Phi) is 8.30. The van der Waals surface area contributed by atoms with Crippen molar-refractivity contribution in [1.82, 2.24) is 29.7 Å². The first kappa shape index (κ1) is 29.6. The highest BCUT2D eigenvalue weighted by Gasteiger charge is 2.21. The largest absolute Gasteiger partial charge is 0.455 e. The Hall–Kier alpha value is -5.49. The van der Waals surface area contributed by atoms with E-state index >= 15 is 0 Å². The molecule has 0 bridgehead atoms. The van der Waals surface area contributed by atoms with Crippen molar-refractivity contribution in [1.29, 1.82) is 0 Å². The van der Waals surface area contributed by atoms with Gasteiger partial charge in [-0.3, -0.25) is 23.9 Å². The molecule has 45 heavy (non-hydrogen) atoms. The molecule has 1 fully saturated rings. The number of ether oxygens (including phenoxy) is 1. The summed E-state index contributed by atoms with van der Waals surface area (Å²) in [6, 6.07) is 13.4. The summed E-state index contributed by atoms with van der Waals surface area (Å²) in [5, 5.41) is 6.35. The van der Waals surface area contributed by atoms with E-state index in [0.29, 0.717) is 33.7 Å². The molecule has 1 aliphatic rings. The Bertz CT molecular complexity index is 1950. The molecule has 5 aromatic rings. The number of anilines is 1. The van der Waals surface area contributed by atoms with Crippen molar-refractivity contribution in [3.63, 3.8) is 0 Å². The molecule has 1 aliphatic heterocycles. The van der Waals surface area contributed by atoms with Gasteiger partial charge >= 0.3 is 0 Å². The van der Waals surface area contributed by atoms with Crippen LogP contribution in [0.3, 0.4) is 0 Å². The van der Waals surface area contributed by atoms with Gasteiger partial charge in [0.05, 0.1) is 17.9 Å². The number of halogens is 1. The zero-order chi connectivity index (χ0) is 31.5. The lowest BCUT2D eigenvalue weighted by atomic mass is 10.1. The molecule has 12 heteroatoms. The highest BCUT2D eigenvalue weighted by molar-refractivity contribution is 6.03. The van der Waals surface area contributed by atoms with Crippen LogP contribution in [0.1, 0.15) is 39.3 Å². The summed E-state index contributed by atoms with van der Waals surface area (Å²) in [5.74, 6) is -0.217. The molecule has 2 amide bonds. The summed E-state index contributed by atoms with van der Waals surface area (Å²) in [7, 11) is 2.07. The number of nitrogens with one attached hydrogen (secondary N) is 2. The van der Waals surface area contributed by atoms with E-state index in [0.717, 1.165) is 25.9 Å². The fourth-order valence-corrected chi connectivity index (χ4v) is 5.14. The number of hydrogen-bond acceptors (Lipinski definition) is 8. The third-order valence-electron chi connectivity index (χ3n) is 7.70. The minimum absolute atomic E-state index is 0.0984. The summed E-state index contributed by atoms with van der Waals surface area (Å²) in [5.41, 5.74) is 1.26. The highest BCUT2D eigenvalue weighted by Crippen LogP contribution is 2.31. The number of nitrogens with zero attached hydrogens (tertiary/aromatic N) is 5. The zero-order valence-electron chi connectivity index (χ0n) is 24.7. The molecule has 0 radical (unpaired) electrons. The normalized spacial score (nSPS) is 13.8. The van der Waals surface area contributed by atoms with Gasteiger partial charge in [0.1, 0.15) is 34.4 Å². The smallest absolute Gasteiger partial charge is 0.270 e. The minimum Gasteiger partial charge on any atom is -0.455 e. The van der Waals surface area contributed by atoms with E-state index in [1.807, 2.05) is 0 Å². The molecule has 228 valence electrons. The molecule has 11 nitrogen and oxygen atoms in total. The average molecular weight is 608 g/mol. The van der Waals surface area contributed by atoms with E-state index in [9.17, 15) is 18.8 Å². The Balaban J connectivity index is 1.18. The van der Waals surface area contributed by atoms with Gasteiger partial charge in [0.25, 0.3) is 17.4 Å². The molecule has 5 heterocycles. The molecule has 0 atom stereocenters. The van der Waals surface area contributed by atoms with E-state index in [1.165, 1.54) is 47.3 Å². The summed E-state index contributed by atoms with van der Waals surface area (Å²) >= 11 is 0. The van der Waals surface area contributed by atoms with Crippen molar-refractivity contribution in [3.8, 4) is 17.2 Å². The molecule has 1 saturated heterocycles. The van der Waals surface area contributed by atoms with Crippen molar-refractivity contribution in [2.45, 2.75) is 25.8 Å². The van der Waals surface area contributed by atoms with Crippen molar-refractivity contribution in [2.75, 3.05) is 25.5 Å². The second-order valence-corrected chi connectivity index (χ2v) is 10.9. The van der Waals surface area contributed by atoms with Gasteiger partial charge in [-0.2, -0.15) is 0 Å². The number of pyridine rings is 4. The number of carbonyl (C=O) groups excluding carboxylic acids is 2. The number of benzene rings is 1. The lowest BCUT2D eigenvalue weighted by molar-refractivity contribution is 0.0911.